The smallest absolute Gasteiger partial charge is 0.0547 e. The standard InChI is InChI=1S/C17H35N3O/c1-15-11-19(5)8-6-9-20(15)13-17(7-10-21-14-17)12-18-16(2,3)4/h15,18H,6-14H2,1-5H3. The molecule has 0 aromatic rings. The van der Waals surface area contributed by atoms with Crippen molar-refractivity contribution in [3.05, 3.63) is 0 Å². The van der Waals surface area contributed by atoms with Crippen LogP contribution < -0.4 is 5.32 Å². The van der Waals surface area contributed by atoms with Crippen molar-refractivity contribution < 1.29 is 4.74 Å². The molecule has 4 heteroatoms. The summed E-state index contributed by atoms with van der Waals surface area (Å²) in [7, 11) is 2.25. The van der Waals surface area contributed by atoms with Crippen LogP contribution in [0.4, 0.5) is 0 Å². The molecular formula is C17H35N3O. The van der Waals surface area contributed by atoms with E-state index in [9.17, 15) is 0 Å². The third kappa shape index (κ3) is 5.20. The molecule has 0 saturated carbocycles. The van der Waals surface area contributed by atoms with Gasteiger partial charge in [-0.2, -0.15) is 0 Å². The lowest BCUT2D eigenvalue weighted by atomic mass is 9.85. The molecule has 2 atom stereocenters. The summed E-state index contributed by atoms with van der Waals surface area (Å²) in [6, 6.07) is 0.643. The molecule has 2 heterocycles. The quantitative estimate of drug-likeness (QED) is 0.856. The minimum atomic E-state index is 0.181. The van der Waals surface area contributed by atoms with Crippen molar-refractivity contribution in [1.29, 1.82) is 0 Å². The molecule has 4 nitrogen and oxygen atoms in total. The van der Waals surface area contributed by atoms with Crippen molar-refractivity contribution in [2.24, 2.45) is 5.41 Å². The van der Waals surface area contributed by atoms with Crippen LogP contribution in [0.2, 0.25) is 0 Å². The lowest BCUT2D eigenvalue weighted by molar-refractivity contribution is 0.0851. The van der Waals surface area contributed by atoms with Gasteiger partial charge in [0.15, 0.2) is 0 Å². The summed E-state index contributed by atoms with van der Waals surface area (Å²) in [6.07, 6.45) is 2.47. The van der Waals surface area contributed by atoms with Crippen LogP contribution in [0.5, 0.6) is 0 Å². The van der Waals surface area contributed by atoms with Crippen LogP contribution >= 0.6 is 0 Å². The van der Waals surface area contributed by atoms with Gasteiger partial charge in [0.05, 0.1) is 6.61 Å². The average molecular weight is 297 g/mol. The monoisotopic (exact) mass is 297 g/mol. The van der Waals surface area contributed by atoms with Crippen molar-refractivity contribution in [2.45, 2.75) is 52.1 Å². The fourth-order valence-corrected chi connectivity index (χ4v) is 3.51. The molecule has 2 rings (SSSR count). The first kappa shape index (κ1) is 17.2. The van der Waals surface area contributed by atoms with Gasteiger partial charge in [-0.25, -0.2) is 0 Å². The predicted octanol–water partition coefficient (Wildman–Crippen LogP) is 1.81. The van der Waals surface area contributed by atoms with E-state index in [0.29, 0.717) is 11.5 Å². The molecule has 2 aliphatic rings. The molecule has 0 amide bonds. The van der Waals surface area contributed by atoms with E-state index in [0.717, 1.165) is 19.8 Å². The maximum Gasteiger partial charge on any atom is 0.0547 e. The first-order valence-electron chi connectivity index (χ1n) is 8.55. The SMILES string of the molecule is CC1CN(C)CCCN1CC1(CNC(C)(C)C)CCOC1. The predicted molar refractivity (Wildman–Crippen MR) is 88.8 cm³/mol. The van der Waals surface area contributed by atoms with Gasteiger partial charge in [-0.05, 0) is 60.7 Å². The number of hydrogen-bond acceptors (Lipinski definition) is 4. The molecule has 0 aromatic carbocycles. The molecule has 21 heavy (non-hydrogen) atoms. The molecule has 1 N–H and O–H groups in total. The van der Waals surface area contributed by atoms with Crippen LogP contribution in [0.25, 0.3) is 0 Å². The number of hydrogen-bond donors (Lipinski definition) is 1. The largest absolute Gasteiger partial charge is 0.381 e. The highest BCUT2D eigenvalue weighted by atomic mass is 16.5. The number of rotatable bonds is 4. The molecule has 2 saturated heterocycles. The fraction of sp³-hybridized carbons (Fsp3) is 1.00. The summed E-state index contributed by atoms with van der Waals surface area (Å²) in [6.45, 7) is 16.8. The third-order valence-corrected chi connectivity index (χ3v) is 4.90. The summed E-state index contributed by atoms with van der Waals surface area (Å²) < 4.78 is 5.78. The average Bonchev–Trinajstić information content (AvgIpc) is 2.77. The molecule has 2 aliphatic heterocycles. The number of likely N-dealkylation sites (N-methyl/N-ethyl adjacent to an activating group) is 1. The zero-order valence-electron chi connectivity index (χ0n) is 14.7. The van der Waals surface area contributed by atoms with Gasteiger partial charge in [-0.3, -0.25) is 4.90 Å². The Morgan fingerprint density at radius 3 is 2.67 bits per heavy atom. The highest BCUT2D eigenvalue weighted by molar-refractivity contribution is 4.92. The lowest BCUT2D eigenvalue weighted by Crippen LogP contribution is -2.51. The van der Waals surface area contributed by atoms with E-state index in [1.807, 2.05) is 0 Å². The lowest BCUT2D eigenvalue weighted by Gasteiger charge is -2.38. The van der Waals surface area contributed by atoms with Crippen molar-refractivity contribution in [3.8, 4) is 0 Å². The van der Waals surface area contributed by atoms with Crippen molar-refractivity contribution in [2.75, 3.05) is 53.0 Å². The van der Waals surface area contributed by atoms with Crippen LogP contribution in [0.1, 0.15) is 40.5 Å². The Kier molecular flexibility index (Phi) is 5.69. The Morgan fingerprint density at radius 2 is 2.05 bits per heavy atom. The second kappa shape index (κ2) is 6.95. The van der Waals surface area contributed by atoms with E-state index in [1.54, 1.807) is 0 Å². The van der Waals surface area contributed by atoms with E-state index in [1.165, 1.54) is 39.0 Å². The Bertz CT molecular complexity index is 320. The second-order valence-electron chi connectivity index (χ2n) is 8.34. The van der Waals surface area contributed by atoms with Gasteiger partial charge < -0.3 is 15.0 Å². The molecule has 0 radical (unpaired) electrons. The van der Waals surface area contributed by atoms with Gasteiger partial charge in [0.25, 0.3) is 0 Å². The van der Waals surface area contributed by atoms with Gasteiger partial charge in [-0.15, -0.1) is 0 Å². The summed E-state index contributed by atoms with van der Waals surface area (Å²) in [4.78, 5) is 5.17. The Morgan fingerprint density at radius 1 is 1.29 bits per heavy atom. The Hall–Kier alpha value is -0.160. The van der Waals surface area contributed by atoms with Crippen molar-refractivity contribution in [3.63, 3.8) is 0 Å². The maximum atomic E-state index is 5.78. The first-order chi connectivity index (χ1) is 9.80. The summed E-state index contributed by atoms with van der Waals surface area (Å²) >= 11 is 0. The van der Waals surface area contributed by atoms with E-state index in [4.69, 9.17) is 4.74 Å². The highest BCUT2D eigenvalue weighted by Crippen LogP contribution is 2.31. The number of nitrogens with zero attached hydrogens (tertiary/aromatic N) is 2. The normalized spacial score (nSPS) is 33.3. The van der Waals surface area contributed by atoms with Crippen LogP contribution in [0.3, 0.4) is 0 Å². The van der Waals surface area contributed by atoms with Gasteiger partial charge in [0.1, 0.15) is 0 Å². The highest BCUT2D eigenvalue weighted by Gasteiger charge is 2.38. The van der Waals surface area contributed by atoms with Crippen molar-refractivity contribution >= 4 is 0 Å². The molecule has 2 unspecified atom stereocenters. The van der Waals surface area contributed by atoms with Crippen molar-refractivity contribution in [1.82, 2.24) is 15.1 Å². The Balaban J connectivity index is 1.98. The van der Waals surface area contributed by atoms with Crippen LogP contribution in [0.15, 0.2) is 0 Å². The number of ether oxygens (including phenoxy) is 1. The molecule has 0 spiro atoms. The zero-order valence-corrected chi connectivity index (χ0v) is 14.7. The van der Waals surface area contributed by atoms with Gasteiger partial charge in [0, 0.05) is 43.2 Å². The van der Waals surface area contributed by atoms with Crippen LogP contribution in [-0.4, -0.2) is 74.4 Å². The molecular weight excluding hydrogens is 262 g/mol. The molecule has 0 aromatic heterocycles. The summed E-state index contributed by atoms with van der Waals surface area (Å²) in [5, 5.41) is 3.72. The minimum Gasteiger partial charge on any atom is -0.381 e. The maximum absolute atomic E-state index is 5.78. The van der Waals surface area contributed by atoms with Crippen LogP contribution in [0, 0.1) is 5.41 Å². The van der Waals surface area contributed by atoms with Crippen LogP contribution in [-0.2, 0) is 4.74 Å². The topological polar surface area (TPSA) is 27.7 Å². The molecule has 2 fully saturated rings. The Labute approximate surface area is 131 Å². The summed E-state index contributed by atoms with van der Waals surface area (Å²) in [5.41, 5.74) is 0.477. The molecule has 124 valence electrons. The van der Waals surface area contributed by atoms with E-state index >= 15 is 0 Å². The van der Waals surface area contributed by atoms with Gasteiger partial charge in [0.2, 0.25) is 0 Å². The van der Waals surface area contributed by atoms with E-state index in [-0.39, 0.29) is 5.54 Å². The zero-order chi connectivity index (χ0) is 15.5. The first-order valence-corrected chi connectivity index (χ1v) is 8.55. The summed E-state index contributed by atoms with van der Waals surface area (Å²) in [5.74, 6) is 0. The second-order valence-corrected chi connectivity index (χ2v) is 8.34. The van der Waals surface area contributed by atoms with E-state index in [2.05, 4.69) is 49.9 Å². The number of nitrogens with one attached hydrogen (secondary N) is 1. The third-order valence-electron chi connectivity index (χ3n) is 4.90. The minimum absolute atomic E-state index is 0.181. The fourth-order valence-electron chi connectivity index (χ4n) is 3.51. The molecule has 0 bridgehead atoms. The van der Waals surface area contributed by atoms with E-state index < -0.39 is 0 Å². The van der Waals surface area contributed by atoms with Gasteiger partial charge >= 0.3 is 0 Å². The molecule has 0 aliphatic carbocycles. The van der Waals surface area contributed by atoms with Gasteiger partial charge in [-0.1, -0.05) is 0 Å².